The van der Waals surface area contributed by atoms with Gasteiger partial charge in [0.05, 0.1) is 23.3 Å². The molecule has 0 saturated heterocycles. The molecule has 0 fully saturated rings. The third kappa shape index (κ3) is 4.46. The van der Waals surface area contributed by atoms with Gasteiger partial charge < -0.3 is 24.8 Å². The fraction of sp³-hybridized carbons (Fsp3) is 0.100. The zero-order valence-electron chi connectivity index (χ0n) is 14.0. The minimum absolute atomic E-state index is 0.135. The summed E-state index contributed by atoms with van der Waals surface area (Å²) in [5.74, 6) is 0.726. The molecule has 0 aliphatic carbocycles. The highest BCUT2D eigenvalue weighted by molar-refractivity contribution is 6.32. The Bertz CT molecular complexity index is 885. The third-order valence-corrected chi connectivity index (χ3v) is 4.35. The lowest BCUT2D eigenvalue weighted by molar-refractivity contribution is 0.281. The second-order valence-electron chi connectivity index (χ2n) is 5.65. The number of aromatic hydroxyl groups is 1. The van der Waals surface area contributed by atoms with Crippen molar-refractivity contribution in [1.82, 2.24) is 0 Å². The van der Waals surface area contributed by atoms with Crippen LogP contribution in [0.15, 0.2) is 54.6 Å². The van der Waals surface area contributed by atoms with Crippen LogP contribution in [0.5, 0.6) is 28.7 Å². The Morgan fingerprint density at radius 2 is 1.11 bits per heavy atom. The predicted molar refractivity (Wildman–Crippen MR) is 103 cm³/mol. The van der Waals surface area contributed by atoms with Gasteiger partial charge in [-0.25, -0.2) is 0 Å². The first-order valence-corrected chi connectivity index (χ1v) is 8.73. The molecule has 0 amide bonds. The number of aliphatic hydroxyl groups excluding tert-OH is 2. The van der Waals surface area contributed by atoms with Crippen molar-refractivity contribution in [2.24, 2.45) is 0 Å². The lowest BCUT2D eigenvalue weighted by Crippen LogP contribution is -1.92. The summed E-state index contributed by atoms with van der Waals surface area (Å²) in [6.45, 7) is -0.269. The number of ether oxygens (including phenoxy) is 2. The molecule has 0 aliphatic heterocycles. The highest BCUT2D eigenvalue weighted by Gasteiger charge is 2.14. The minimum atomic E-state index is -0.220. The van der Waals surface area contributed by atoms with Gasteiger partial charge in [-0.3, -0.25) is 0 Å². The number of phenols is 1. The highest BCUT2D eigenvalue weighted by atomic mass is 35.5. The smallest absolute Gasteiger partial charge is 0.202 e. The van der Waals surface area contributed by atoms with Crippen molar-refractivity contribution in [3.63, 3.8) is 0 Å². The maximum Gasteiger partial charge on any atom is 0.202 e. The van der Waals surface area contributed by atoms with Crippen LogP contribution in [-0.4, -0.2) is 15.3 Å². The number of para-hydroxylation sites is 1. The number of halogens is 2. The standard InChI is InChI=1S/C20H16Cl2O5/c21-14-8-12(10-23)4-6-16(14)26-18-2-1-3-19(20(18)25)27-17-7-5-13(11-24)9-15(17)22/h1-9,23-25H,10-11H2. The van der Waals surface area contributed by atoms with Gasteiger partial charge in [0.15, 0.2) is 11.5 Å². The summed E-state index contributed by atoms with van der Waals surface area (Å²) in [4.78, 5) is 0. The molecule has 3 aromatic carbocycles. The number of hydrogen-bond acceptors (Lipinski definition) is 5. The number of aliphatic hydroxyl groups is 2. The normalized spacial score (nSPS) is 10.7. The van der Waals surface area contributed by atoms with Crippen molar-refractivity contribution in [2.45, 2.75) is 13.2 Å². The van der Waals surface area contributed by atoms with E-state index in [-0.39, 0.29) is 30.5 Å². The van der Waals surface area contributed by atoms with Crippen LogP contribution in [0.4, 0.5) is 0 Å². The van der Waals surface area contributed by atoms with Gasteiger partial charge >= 0.3 is 0 Å². The van der Waals surface area contributed by atoms with Crippen molar-refractivity contribution in [1.29, 1.82) is 0 Å². The molecule has 3 rings (SSSR count). The van der Waals surface area contributed by atoms with Gasteiger partial charge in [0.25, 0.3) is 0 Å². The van der Waals surface area contributed by atoms with E-state index in [9.17, 15) is 5.11 Å². The monoisotopic (exact) mass is 406 g/mol. The average Bonchev–Trinajstić information content (AvgIpc) is 2.67. The summed E-state index contributed by atoms with van der Waals surface area (Å²) in [6, 6.07) is 14.5. The first-order valence-electron chi connectivity index (χ1n) is 7.98. The zero-order chi connectivity index (χ0) is 19.4. The van der Waals surface area contributed by atoms with E-state index in [1.165, 1.54) is 0 Å². The molecule has 0 radical (unpaired) electrons. The van der Waals surface area contributed by atoms with E-state index < -0.39 is 0 Å². The Balaban J connectivity index is 1.86. The van der Waals surface area contributed by atoms with Crippen LogP contribution in [0.1, 0.15) is 11.1 Å². The molecule has 0 saturated carbocycles. The van der Waals surface area contributed by atoms with E-state index in [1.54, 1.807) is 54.6 Å². The van der Waals surface area contributed by atoms with Crippen LogP contribution in [0, 0.1) is 0 Å². The summed E-state index contributed by atoms with van der Waals surface area (Å²) in [5, 5.41) is 29.4. The largest absolute Gasteiger partial charge is 0.502 e. The zero-order valence-corrected chi connectivity index (χ0v) is 15.5. The summed E-state index contributed by atoms with van der Waals surface area (Å²) in [6.07, 6.45) is 0. The Morgan fingerprint density at radius 3 is 1.48 bits per heavy atom. The first-order chi connectivity index (χ1) is 13.0. The predicted octanol–water partition coefficient (Wildman–Crippen LogP) is 5.27. The maximum absolute atomic E-state index is 10.5. The Morgan fingerprint density at radius 1 is 0.667 bits per heavy atom. The fourth-order valence-corrected chi connectivity index (χ4v) is 2.84. The molecule has 0 atom stereocenters. The maximum atomic E-state index is 10.5. The topological polar surface area (TPSA) is 79.2 Å². The molecular formula is C20H16Cl2O5. The SMILES string of the molecule is OCc1ccc(Oc2cccc(Oc3ccc(CO)cc3Cl)c2O)c(Cl)c1. The quantitative estimate of drug-likeness (QED) is 0.519. The second kappa shape index (κ2) is 8.50. The molecule has 3 aromatic rings. The van der Waals surface area contributed by atoms with Gasteiger partial charge in [-0.2, -0.15) is 0 Å². The lowest BCUT2D eigenvalue weighted by atomic mass is 10.2. The minimum Gasteiger partial charge on any atom is -0.502 e. The van der Waals surface area contributed by atoms with Gasteiger partial charge in [-0.05, 0) is 47.5 Å². The van der Waals surface area contributed by atoms with Gasteiger partial charge in [0, 0.05) is 0 Å². The van der Waals surface area contributed by atoms with Crippen molar-refractivity contribution >= 4 is 23.2 Å². The summed E-state index contributed by atoms with van der Waals surface area (Å²) < 4.78 is 11.3. The van der Waals surface area contributed by atoms with Crippen molar-refractivity contribution in [3.8, 4) is 28.7 Å². The molecule has 27 heavy (non-hydrogen) atoms. The summed E-state index contributed by atoms with van der Waals surface area (Å²) in [7, 11) is 0. The Kier molecular flexibility index (Phi) is 6.08. The first kappa shape index (κ1) is 19.3. The second-order valence-corrected chi connectivity index (χ2v) is 6.47. The molecule has 5 nitrogen and oxygen atoms in total. The average molecular weight is 407 g/mol. The van der Waals surface area contributed by atoms with E-state index in [2.05, 4.69) is 0 Å². The third-order valence-electron chi connectivity index (χ3n) is 3.76. The molecule has 0 unspecified atom stereocenters. The molecule has 0 aromatic heterocycles. The molecule has 0 heterocycles. The molecule has 140 valence electrons. The van der Waals surface area contributed by atoms with Crippen LogP contribution in [0.2, 0.25) is 10.0 Å². The van der Waals surface area contributed by atoms with Crippen molar-refractivity contribution in [3.05, 3.63) is 75.8 Å². The highest BCUT2D eigenvalue weighted by Crippen LogP contribution is 2.42. The van der Waals surface area contributed by atoms with Crippen LogP contribution >= 0.6 is 23.2 Å². The van der Waals surface area contributed by atoms with Crippen LogP contribution in [0.3, 0.4) is 0 Å². The number of hydrogen-bond donors (Lipinski definition) is 3. The van der Waals surface area contributed by atoms with Crippen LogP contribution < -0.4 is 9.47 Å². The van der Waals surface area contributed by atoms with E-state index >= 15 is 0 Å². The molecular weight excluding hydrogens is 391 g/mol. The van der Waals surface area contributed by atoms with Crippen LogP contribution in [0.25, 0.3) is 0 Å². The van der Waals surface area contributed by atoms with E-state index in [0.29, 0.717) is 32.7 Å². The van der Waals surface area contributed by atoms with Crippen LogP contribution in [-0.2, 0) is 13.2 Å². The lowest BCUT2D eigenvalue weighted by Gasteiger charge is -2.14. The number of phenolic OH excluding ortho intramolecular Hbond substituents is 1. The van der Waals surface area contributed by atoms with Gasteiger partial charge in [0.1, 0.15) is 11.5 Å². The Labute approximate surface area is 165 Å². The molecule has 0 bridgehead atoms. The van der Waals surface area contributed by atoms with E-state index in [1.807, 2.05) is 0 Å². The van der Waals surface area contributed by atoms with Gasteiger partial charge in [-0.1, -0.05) is 41.4 Å². The van der Waals surface area contributed by atoms with Gasteiger partial charge in [0.2, 0.25) is 5.75 Å². The molecule has 7 heteroatoms. The Hall–Kier alpha value is -2.44. The fourth-order valence-electron chi connectivity index (χ4n) is 2.35. The molecule has 0 spiro atoms. The number of benzene rings is 3. The van der Waals surface area contributed by atoms with Crippen molar-refractivity contribution < 1.29 is 24.8 Å². The van der Waals surface area contributed by atoms with E-state index in [4.69, 9.17) is 42.9 Å². The summed E-state index contributed by atoms with van der Waals surface area (Å²) >= 11 is 12.3. The van der Waals surface area contributed by atoms with Gasteiger partial charge in [-0.15, -0.1) is 0 Å². The van der Waals surface area contributed by atoms with Crippen molar-refractivity contribution in [2.75, 3.05) is 0 Å². The molecule has 3 N–H and O–H groups in total. The van der Waals surface area contributed by atoms with E-state index in [0.717, 1.165) is 0 Å². The number of rotatable bonds is 6. The summed E-state index contributed by atoms with van der Waals surface area (Å²) in [5.41, 5.74) is 1.30. The molecule has 0 aliphatic rings.